The van der Waals surface area contributed by atoms with E-state index in [9.17, 15) is 9.90 Å². The van der Waals surface area contributed by atoms with Gasteiger partial charge in [0.15, 0.2) is 11.1 Å². The van der Waals surface area contributed by atoms with Crippen LogP contribution in [0.3, 0.4) is 0 Å². The summed E-state index contributed by atoms with van der Waals surface area (Å²) < 4.78 is 1.67. The van der Waals surface area contributed by atoms with Gasteiger partial charge in [-0.15, -0.1) is 0 Å². The van der Waals surface area contributed by atoms with E-state index in [1.54, 1.807) is 22.9 Å². The summed E-state index contributed by atoms with van der Waals surface area (Å²) in [6.07, 6.45) is 5.44. The predicted octanol–water partition coefficient (Wildman–Crippen LogP) is 2.19. The number of aromatic hydroxyl groups is 1. The zero-order valence-corrected chi connectivity index (χ0v) is 16.5. The highest BCUT2D eigenvalue weighted by Gasteiger charge is 2.20. The van der Waals surface area contributed by atoms with Gasteiger partial charge >= 0.3 is 4.87 Å². The molecule has 1 saturated carbocycles. The van der Waals surface area contributed by atoms with E-state index >= 15 is 0 Å². The normalized spacial score (nSPS) is 15.3. The number of fused-ring (bicyclic) bond motifs is 1. The van der Waals surface area contributed by atoms with E-state index in [-0.39, 0.29) is 10.8 Å². The Labute approximate surface area is 172 Å². The Morgan fingerprint density at radius 2 is 2.24 bits per heavy atom. The summed E-state index contributed by atoms with van der Waals surface area (Å²) in [7, 11) is 0. The largest absolute Gasteiger partial charge is 0.493 e. The smallest absolute Gasteiger partial charge is 0.307 e. The minimum atomic E-state index is -0.328. The Kier molecular flexibility index (Phi) is 4.33. The molecule has 0 radical (unpaired) electrons. The van der Waals surface area contributed by atoms with Crippen LogP contribution in [0.5, 0.6) is 5.88 Å². The number of benzene rings is 1. The molecule has 10 heteroatoms. The Hall–Kier alpha value is -3.17. The summed E-state index contributed by atoms with van der Waals surface area (Å²) in [5.41, 5.74) is 2.06. The van der Waals surface area contributed by atoms with Crippen LogP contribution >= 0.6 is 22.9 Å². The van der Waals surface area contributed by atoms with Crippen molar-refractivity contribution in [3.63, 3.8) is 0 Å². The van der Waals surface area contributed by atoms with Crippen LogP contribution in [0.4, 0.5) is 11.5 Å². The third-order valence-electron chi connectivity index (χ3n) is 4.38. The van der Waals surface area contributed by atoms with Crippen molar-refractivity contribution in [2.45, 2.75) is 18.9 Å². The first-order chi connectivity index (χ1) is 14.0. The van der Waals surface area contributed by atoms with Crippen molar-refractivity contribution < 1.29 is 5.11 Å². The zero-order chi connectivity index (χ0) is 20.0. The van der Waals surface area contributed by atoms with Crippen LogP contribution in [0, 0.1) is 0 Å². The highest BCUT2D eigenvalue weighted by atomic mass is 35.5. The molecule has 3 heterocycles. The van der Waals surface area contributed by atoms with Crippen molar-refractivity contribution in [2.24, 2.45) is 4.99 Å². The lowest BCUT2D eigenvalue weighted by Gasteiger charge is -2.06. The highest BCUT2D eigenvalue weighted by molar-refractivity contribution is 7.10. The molecule has 3 N–H and O–H groups in total. The number of halogens is 1. The molecule has 1 fully saturated rings. The summed E-state index contributed by atoms with van der Waals surface area (Å²) in [6, 6.07) is 9.51. The molecule has 1 aliphatic carbocycles. The van der Waals surface area contributed by atoms with Crippen LogP contribution in [-0.4, -0.2) is 30.7 Å². The molecule has 4 aromatic rings. The molecule has 5 rings (SSSR count). The number of thiazole rings is 1. The highest BCUT2D eigenvalue weighted by Crippen LogP contribution is 2.23. The summed E-state index contributed by atoms with van der Waals surface area (Å²) in [6.45, 7) is 0. The van der Waals surface area contributed by atoms with Gasteiger partial charge in [0.2, 0.25) is 5.88 Å². The van der Waals surface area contributed by atoms with Crippen molar-refractivity contribution in [1.29, 1.82) is 0 Å². The lowest BCUT2D eigenvalue weighted by molar-refractivity contribution is 0.455. The fourth-order valence-corrected chi connectivity index (χ4v) is 3.77. The third kappa shape index (κ3) is 3.74. The average molecular weight is 427 g/mol. The van der Waals surface area contributed by atoms with Crippen LogP contribution in [0.25, 0.3) is 11.7 Å². The van der Waals surface area contributed by atoms with Gasteiger partial charge in [0.25, 0.3) is 0 Å². The van der Waals surface area contributed by atoms with Gasteiger partial charge in [-0.2, -0.15) is 9.61 Å². The first-order valence-electron chi connectivity index (χ1n) is 8.94. The maximum atomic E-state index is 11.5. The van der Waals surface area contributed by atoms with Gasteiger partial charge in [0.1, 0.15) is 5.82 Å². The second-order valence-corrected chi connectivity index (χ2v) is 8.15. The van der Waals surface area contributed by atoms with Crippen LogP contribution in [0.1, 0.15) is 17.7 Å². The van der Waals surface area contributed by atoms with Gasteiger partial charge in [0.05, 0.1) is 17.1 Å². The molecular formula is C19H15ClN6O2S. The lowest BCUT2D eigenvalue weighted by atomic mass is 10.3. The van der Waals surface area contributed by atoms with E-state index in [0.29, 0.717) is 38.1 Å². The zero-order valence-electron chi connectivity index (χ0n) is 15.0. The fraction of sp³-hybridized carbons (Fsp3) is 0.158. The lowest BCUT2D eigenvalue weighted by Crippen LogP contribution is -2.19. The molecule has 0 unspecified atom stereocenters. The minimum absolute atomic E-state index is 0.171. The van der Waals surface area contributed by atoms with Gasteiger partial charge in [-0.05, 0) is 37.1 Å². The van der Waals surface area contributed by atoms with Crippen molar-refractivity contribution in [3.05, 3.63) is 66.8 Å². The van der Waals surface area contributed by atoms with Gasteiger partial charge < -0.3 is 10.4 Å². The number of nitrogens with one attached hydrogen (secondary N) is 2. The molecule has 0 atom stereocenters. The summed E-state index contributed by atoms with van der Waals surface area (Å²) in [5.74, 6) is 0.427. The Morgan fingerprint density at radius 3 is 2.97 bits per heavy atom. The molecule has 0 bridgehead atoms. The average Bonchev–Trinajstić information content (AvgIpc) is 3.31. The van der Waals surface area contributed by atoms with Gasteiger partial charge in [-0.25, -0.2) is 4.98 Å². The maximum Gasteiger partial charge on any atom is 0.307 e. The van der Waals surface area contributed by atoms with E-state index in [2.05, 4.69) is 20.4 Å². The number of hydrogen-bond donors (Lipinski definition) is 3. The summed E-state index contributed by atoms with van der Waals surface area (Å²) in [5, 5.41) is 18.8. The topological polar surface area (TPSA) is 108 Å². The van der Waals surface area contributed by atoms with Crippen molar-refractivity contribution in [1.82, 2.24) is 19.6 Å². The van der Waals surface area contributed by atoms with Crippen LogP contribution in [0.15, 0.2) is 46.3 Å². The van der Waals surface area contributed by atoms with Gasteiger partial charge in [-0.3, -0.25) is 14.8 Å². The molecule has 0 spiro atoms. The molecule has 0 saturated heterocycles. The first kappa shape index (κ1) is 17.9. The number of aromatic nitrogens is 4. The molecular weight excluding hydrogens is 412 g/mol. The number of hydrogen-bond acceptors (Lipinski definition) is 7. The molecule has 3 aromatic heterocycles. The van der Waals surface area contributed by atoms with Crippen LogP contribution in [0.2, 0.25) is 5.02 Å². The van der Waals surface area contributed by atoms with Crippen molar-refractivity contribution in [3.8, 4) is 5.88 Å². The predicted molar refractivity (Wildman–Crippen MR) is 112 cm³/mol. The fourth-order valence-electron chi connectivity index (χ4n) is 2.90. The van der Waals surface area contributed by atoms with E-state index in [4.69, 9.17) is 16.6 Å². The number of nitrogens with zero attached hydrogens (tertiary/aromatic N) is 4. The van der Waals surface area contributed by atoms with E-state index in [0.717, 1.165) is 29.9 Å². The molecule has 8 nitrogen and oxygen atoms in total. The number of aromatic amines is 1. The number of anilines is 2. The monoisotopic (exact) mass is 426 g/mol. The van der Waals surface area contributed by atoms with E-state index in [1.807, 2.05) is 24.3 Å². The van der Waals surface area contributed by atoms with E-state index < -0.39 is 0 Å². The van der Waals surface area contributed by atoms with E-state index in [1.165, 1.54) is 0 Å². The van der Waals surface area contributed by atoms with Crippen molar-refractivity contribution in [2.75, 3.05) is 5.32 Å². The van der Waals surface area contributed by atoms with Gasteiger partial charge in [-0.1, -0.05) is 29.0 Å². The second-order valence-electron chi connectivity index (χ2n) is 6.70. The summed E-state index contributed by atoms with van der Waals surface area (Å²) in [4.78, 5) is 23.3. The molecule has 0 aliphatic heterocycles. The Balaban J connectivity index is 1.68. The summed E-state index contributed by atoms with van der Waals surface area (Å²) >= 11 is 7.00. The number of rotatable bonds is 4. The van der Waals surface area contributed by atoms with Gasteiger partial charge in [0, 0.05) is 22.0 Å². The number of H-pyrrole nitrogens is 1. The SMILES string of the molecule is O=c1[nH]c(O)c(/C=c2\cnn3c(=NC4CC4)cc(Nc4cccc(Cl)c4)nc23)s1. The minimum Gasteiger partial charge on any atom is -0.493 e. The Morgan fingerprint density at radius 1 is 1.38 bits per heavy atom. The maximum absolute atomic E-state index is 11.5. The molecule has 1 aliphatic rings. The third-order valence-corrected chi connectivity index (χ3v) is 5.44. The molecule has 1 aromatic carbocycles. The molecule has 146 valence electrons. The Bertz CT molecular complexity index is 1400. The second kappa shape index (κ2) is 7.02. The molecule has 29 heavy (non-hydrogen) atoms. The van der Waals surface area contributed by atoms with Crippen LogP contribution in [-0.2, 0) is 0 Å². The quantitative estimate of drug-likeness (QED) is 0.463. The first-order valence-corrected chi connectivity index (χ1v) is 10.1. The van der Waals surface area contributed by atoms with Crippen molar-refractivity contribution >= 4 is 46.2 Å². The van der Waals surface area contributed by atoms with Crippen LogP contribution < -0.4 is 20.9 Å². The molecule has 0 amide bonds. The standard InChI is InChI=1S/C19H15ClN6O2S/c20-11-2-1-3-13(7-11)22-15-8-16(23-12-4-5-12)26-17(24-15)10(9-21-26)6-14-18(27)25-19(28)29-14/h1-3,6-9,12,22,27H,4-5H2,(H,25,28)/b10-6+,23-16?.